The normalized spacial score (nSPS) is 17.6. The summed E-state index contributed by atoms with van der Waals surface area (Å²) < 4.78 is 13.4. The number of likely N-dealkylation sites (tertiary alicyclic amines) is 1. The van der Waals surface area contributed by atoms with Gasteiger partial charge in [0.1, 0.15) is 5.82 Å². The lowest BCUT2D eigenvalue weighted by atomic mass is 10.0. The number of aryl methyl sites for hydroxylation is 1. The number of piperidine rings is 1. The first-order valence-electron chi connectivity index (χ1n) is 8.34. The predicted octanol–water partition coefficient (Wildman–Crippen LogP) is 4.60. The van der Waals surface area contributed by atoms with Crippen molar-refractivity contribution in [2.75, 3.05) is 11.9 Å². The van der Waals surface area contributed by atoms with Crippen molar-refractivity contribution in [1.82, 2.24) is 9.88 Å². The molecule has 1 aromatic carbocycles. The number of nitrogens with one attached hydrogen (secondary N) is 1. The summed E-state index contributed by atoms with van der Waals surface area (Å²) in [7, 11) is 0. The highest BCUT2D eigenvalue weighted by molar-refractivity contribution is 5.90. The standard InChI is InChI=1S/C19H22FN3O/c1-13-6-7-17(10-18(13)15-9-16(20)12-21-11-15)22-19(24)23-8-4-3-5-14(23)2/h6-7,9-12,14H,3-5,8H2,1-2H3,(H,22,24). The molecule has 1 N–H and O–H groups in total. The average molecular weight is 327 g/mol. The number of anilines is 1. The van der Waals surface area contributed by atoms with Crippen LogP contribution in [0.3, 0.4) is 0 Å². The Bertz CT molecular complexity index is 747. The molecule has 2 amide bonds. The van der Waals surface area contributed by atoms with E-state index in [4.69, 9.17) is 0 Å². The predicted molar refractivity (Wildman–Crippen MR) is 93.4 cm³/mol. The maximum atomic E-state index is 13.4. The first kappa shape index (κ1) is 16.4. The topological polar surface area (TPSA) is 45.2 Å². The van der Waals surface area contributed by atoms with Crippen LogP contribution in [0.5, 0.6) is 0 Å². The number of rotatable bonds is 2. The molecule has 1 unspecified atom stereocenters. The van der Waals surface area contributed by atoms with Gasteiger partial charge in [-0.3, -0.25) is 4.98 Å². The lowest BCUT2D eigenvalue weighted by Gasteiger charge is -2.33. The molecule has 1 atom stereocenters. The van der Waals surface area contributed by atoms with Gasteiger partial charge in [0.2, 0.25) is 0 Å². The maximum absolute atomic E-state index is 13.4. The Kier molecular flexibility index (Phi) is 4.79. The summed E-state index contributed by atoms with van der Waals surface area (Å²) in [6, 6.07) is 7.31. The van der Waals surface area contributed by atoms with E-state index in [1.165, 1.54) is 18.7 Å². The molecular weight excluding hydrogens is 305 g/mol. The molecule has 0 bridgehead atoms. The maximum Gasteiger partial charge on any atom is 0.322 e. The van der Waals surface area contributed by atoms with E-state index in [0.29, 0.717) is 11.3 Å². The number of urea groups is 1. The number of benzene rings is 1. The third-order valence-corrected chi connectivity index (χ3v) is 4.57. The van der Waals surface area contributed by atoms with Gasteiger partial charge in [-0.25, -0.2) is 9.18 Å². The molecular formula is C19H22FN3O. The highest BCUT2D eigenvalue weighted by atomic mass is 19.1. The Morgan fingerprint density at radius 3 is 2.88 bits per heavy atom. The second kappa shape index (κ2) is 6.99. The van der Waals surface area contributed by atoms with Crippen LogP contribution in [0.1, 0.15) is 31.7 Å². The van der Waals surface area contributed by atoms with Crippen LogP contribution in [0.2, 0.25) is 0 Å². The number of hydrogen-bond donors (Lipinski definition) is 1. The van der Waals surface area contributed by atoms with E-state index in [0.717, 1.165) is 30.5 Å². The molecule has 2 aromatic rings. The summed E-state index contributed by atoms with van der Waals surface area (Å²) in [4.78, 5) is 18.3. The van der Waals surface area contributed by atoms with Crippen LogP contribution in [0, 0.1) is 12.7 Å². The fraction of sp³-hybridized carbons (Fsp3) is 0.368. The third kappa shape index (κ3) is 3.55. The number of nitrogens with zero attached hydrogens (tertiary/aromatic N) is 2. The molecule has 3 rings (SSSR count). The molecule has 0 saturated carbocycles. The number of pyridine rings is 1. The molecule has 0 aliphatic carbocycles. The van der Waals surface area contributed by atoms with Gasteiger partial charge in [0, 0.05) is 30.0 Å². The summed E-state index contributed by atoms with van der Waals surface area (Å²) in [5.41, 5.74) is 3.29. The molecule has 5 heteroatoms. The van der Waals surface area contributed by atoms with Crippen molar-refractivity contribution in [3.63, 3.8) is 0 Å². The van der Waals surface area contributed by atoms with E-state index in [9.17, 15) is 9.18 Å². The largest absolute Gasteiger partial charge is 0.322 e. The number of carbonyl (C=O) groups is 1. The second-order valence-corrected chi connectivity index (χ2v) is 6.39. The summed E-state index contributed by atoms with van der Waals surface area (Å²) in [5.74, 6) is -0.372. The van der Waals surface area contributed by atoms with Crippen LogP contribution in [0.4, 0.5) is 14.9 Å². The molecule has 0 radical (unpaired) electrons. The van der Waals surface area contributed by atoms with Crippen molar-refractivity contribution in [3.8, 4) is 11.1 Å². The molecule has 1 aliphatic rings. The fourth-order valence-electron chi connectivity index (χ4n) is 3.17. The van der Waals surface area contributed by atoms with Crippen LogP contribution in [0.25, 0.3) is 11.1 Å². The van der Waals surface area contributed by atoms with Crippen molar-refractivity contribution in [2.45, 2.75) is 39.2 Å². The number of hydrogen-bond acceptors (Lipinski definition) is 2. The van der Waals surface area contributed by atoms with Crippen LogP contribution < -0.4 is 5.32 Å². The van der Waals surface area contributed by atoms with Crippen molar-refractivity contribution >= 4 is 11.7 Å². The van der Waals surface area contributed by atoms with E-state index in [1.54, 1.807) is 6.20 Å². The van der Waals surface area contributed by atoms with Gasteiger partial charge in [-0.15, -0.1) is 0 Å². The Morgan fingerprint density at radius 1 is 1.29 bits per heavy atom. The van der Waals surface area contributed by atoms with Crippen molar-refractivity contribution < 1.29 is 9.18 Å². The first-order chi connectivity index (χ1) is 11.5. The molecule has 1 aromatic heterocycles. The van der Waals surface area contributed by atoms with Crippen molar-refractivity contribution in [2.24, 2.45) is 0 Å². The van der Waals surface area contributed by atoms with Gasteiger partial charge in [0.25, 0.3) is 0 Å². The zero-order valence-corrected chi connectivity index (χ0v) is 14.1. The lowest BCUT2D eigenvalue weighted by Crippen LogP contribution is -2.44. The van der Waals surface area contributed by atoms with Crippen LogP contribution >= 0.6 is 0 Å². The van der Waals surface area contributed by atoms with Crippen LogP contribution in [0.15, 0.2) is 36.7 Å². The van der Waals surface area contributed by atoms with Crippen LogP contribution in [-0.4, -0.2) is 28.5 Å². The smallest absolute Gasteiger partial charge is 0.322 e. The molecule has 24 heavy (non-hydrogen) atoms. The van der Waals surface area contributed by atoms with Gasteiger partial charge in [0.15, 0.2) is 0 Å². The van der Waals surface area contributed by atoms with Gasteiger partial charge in [0.05, 0.1) is 6.20 Å². The van der Waals surface area contributed by atoms with Gasteiger partial charge < -0.3 is 10.2 Å². The SMILES string of the molecule is Cc1ccc(NC(=O)N2CCCCC2C)cc1-c1cncc(F)c1. The highest BCUT2D eigenvalue weighted by Gasteiger charge is 2.23. The Labute approximate surface area is 141 Å². The number of aromatic nitrogens is 1. The summed E-state index contributed by atoms with van der Waals surface area (Å²) in [5, 5.41) is 2.97. The quantitative estimate of drug-likeness (QED) is 0.876. The number of amides is 2. The Hall–Kier alpha value is -2.43. The number of carbonyl (C=O) groups excluding carboxylic acids is 1. The Morgan fingerprint density at radius 2 is 2.12 bits per heavy atom. The van der Waals surface area contributed by atoms with Crippen molar-refractivity contribution in [3.05, 3.63) is 48.0 Å². The highest BCUT2D eigenvalue weighted by Crippen LogP contribution is 2.27. The molecule has 4 nitrogen and oxygen atoms in total. The molecule has 0 spiro atoms. The average Bonchev–Trinajstić information content (AvgIpc) is 2.57. The summed E-state index contributed by atoms with van der Waals surface area (Å²) >= 11 is 0. The first-order valence-corrected chi connectivity index (χ1v) is 8.34. The lowest BCUT2D eigenvalue weighted by molar-refractivity contribution is 0.170. The third-order valence-electron chi connectivity index (χ3n) is 4.57. The van der Waals surface area contributed by atoms with E-state index in [1.807, 2.05) is 30.0 Å². The van der Waals surface area contributed by atoms with E-state index in [2.05, 4.69) is 17.2 Å². The second-order valence-electron chi connectivity index (χ2n) is 6.39. The van der Waals surface area contributed by atoms with E-state index in [-0.39, 0.29) is 17.9 Å². The van der Waals surface area contributed by atoms with Gasteiger partial charge in [-0.1, -0.05) is 6.07 Å². The minimum atomic E-state index is -0.372. The summed E-state index contributed by atoms with van der Waals surface area (Å²) in [6.07, 6.45) is 6.07. The molecule has 1 aliphatic heterocycles. The molecule has 126 valence electrons. The van der Waals surface area contributed by atoms with Gasteiger partial charge in [-0.05, 0) is 62.4 Å². The molecule has 2 heterocycles. The molecule has 1 fully saturated rings. The van der Waals surface area contributed by atoms with Gasteiger partial charge >= 0.3 is 6.03 Å². The van der Waals surface area contributed by atoms with E-state index < -0.39 is 0 Å². The van der Waals surface area contributed by atoms with Crippen LogP contribution in [-0.2, 0) is 0 Å². The van der Waals surface area contributed by atoms with Crippen molar-refractivity contribution in [1.29, 1.82) is 0 Å². The summed E-state index contributed by atoms with van der Waals surface area (Å²) in [6.45, 7) is 4.83. The Balaban J connectivity index is 1.82. The minimum absolute atomic E-state index is 0.0747. The zero-order chi connectivity index (χ0) is 17.1. The zero-order valence-electron chi connectivity index (χ0n) is 14.1. The minimum Gasteiger partial charge on any atom is -0.322 e. The van der Waals surface area contributed by atoms with Gasteiger partial charge in [-0.2, -0.15) is 0 Å². The monoisotopic (exact) mass is 327 g/mol. The molecule has 1 saturated heterocycles. The number of halogens is 1. The van der Waals surface area contributed by atoms with E-state index >= 15 is 0 Å². The fourth-order valence-corrected chi connectivity index (χ4v) is 3.17.